The van der Waals surface area contributed by atoms with E-state index in [0.29, 0.717) is 25.9 Å². The van der Waals surface area contributed by atoms with Crippen molar-refractivity contribution in [2.45, 2.75) is 42.5 Å². The minimum Gasteiger partial charge on any atom is -0.264 e. The number of rotatable bonds is 4. The molecule has 0 amide bonds. The zero-order valence-electron chi connectivity index (χ0n) is 17.3. The highest BCUT2D eigenvalue weighted by atomic mass is 32.2. The van der Waals surface area contributed by atoms with E-state index >= 15 is 0 Å². The third-order valence-corrected chi connectivity index (χ3v) is 8.98. The lowest BCUT2D eigenvalue weighted by atomic mass is 9.86. The van der Waals surface area contributed by atoms with Crippen LogP contribution >= 0.6 is 0 Å². The number of sulfone groups is 1. The average Bonchev–Trinajstić information content (AvgIpc) is 3.17. The van der Waals surface area contributed by atoms with E-state index in [0.717, 1.165) is 35.2 Å². The van der Waals surface area contributed by atoms with Crippen LogP contribution in [0.15, 0.2) is 53.4 Å². The fourth-order valence-corrected chi connectivity index (χ4v) is 6.13. The average molecular weight is 453 g/mol. The third kappa shape index (κ3) is 3.91. The number of halogens is 3. The number of aromatic nitrogens is 2. The number of fused-ring (bicyclic) bond motifs is 1. The summed E-state index contributed by atoms with van der Waals surface area (Å²) < 4.78 is 64.7. The molecule has 0 atom stereocenters. The summed E-state index contributed by atoms with van der Waals surface area (Å²) in [6.45, 7) is 4.54. The predicted octanol–water partition coefficient (Wildman–Crippen LogP) is 4.47. The van der Waals surface area contributed by atoms with Gasteiger partial charge in [-0.05, 0) is 62.9 Å². The molecule has 1 aromatic heterocycles. The van der Waals surface area contributed by atoms with Crippen LogP contribution in [-0.2, 0) is 16.0 Å². The molecule has 2 aromatic carbocycles. The Bertz CT molecular complexity index is 1160. The lowest BCUT2D eigenvalue weighted by Crippen LogP contribution is -2.47. The van der Waals surface area contributed by atoms with Crippen molar-refractivity contribution in [2.24, 2.45) is 5.92 Å². The summed E-state index contributed by atoms with van der Waals surface area (Å²) in [5.74, 6) is 0.700. The second-order valence-corrected chi connectivity index (χ2v) is 11.1. The van der Waals surface area contributed by atoms with Gasteiger partial charge in [-0.2, -0.15) is 13.2 Å². The van der Waals surface area contributed by atoms with Gasteiger partial charge < -0.3 is 0 Å². The number of alkyl halides is 3. The molecule has 4 rings (SSSR count). The SMILES string of the molecule is CC(C)(C1CCN(c2[nH]c3ccccc3[nH+]2)CC1)S(=O)(=O)c1cccc(C(F)(F)F)c1. The maximum absolute atomic E-state index is 13.3. The van der Waals surface area contributed by atoms with Crippen molar-refractivity contribution in [3.8, 4) is 0 Å². The van der Waals surface area contributed by atoms with Crippen molar-refractivity contribution in [2.75, 3.05) is 18.0 Å². The Hall–Kier alpha value is -2.55. The molecule has 0 bridgehead atoms. The number of H-pyrrole nitrogens is 2. The standard InChI is InChI=1S/C22H24F3N3O2S/c1-21(2,31(29,30)17-7-5-6-16(14-17)22(23,24)25)15-10-12-28(13-11-15)20-26-18-8-3-4-9-19(18)27-20/h3-9,14-15H,10-13H2,1-2H3,(H,26,27)/p+1. The normalized spacial score (nSPS) is 16.7. The van der Waals surface area contributed by atoms with Gasteiger partial charge in [-0.3, -0.25) is 4.90 Å². The van der Waals surface area contributed by atoms with Crippen molar-refractivity contribution >= 4 is 26.8 Å². The maximum Gasteiger partial charge on any atom is 0.416 e. The van der Waals surface area contributed by atoms with Crippen LogP contribution in [0.4, 0.5) is 19.1 Å². The summed E-state index contributed by atoms with van der Waals surface area (Å²) in [5.41, 5.74) is 1.03. The quantitative estimate of drug-likeness (QED) is 0.635. The number of benzene rings is 2. The van der Waals surface area contributed by atoms with Crippen LogP contribution in [0.3, 0.4) is 0 Å². The van der Waals surface area contributed by atoms with Crippen LogP contribution in [0, 0.1) is 5.92 Å². The number of hydrogen-bond donors (Lipinski definition) is 1. The molecular weight excluding hydrogens is 427 g/mol. The fraction of sp³-hybridized carbons (Fsp3) is 0.409. The molecule has 0 radical (unpaired) electrons. The number of hydrogen-bond acceptors (Lipinski definition) is 3. The highest BCUT2D eigenvalue weighted by Gasteiger charge is 2.45. The molecule has 1 fully saturated rings. The van der Waals surface area contributed by atoms with Crippen molar-refractivity contribution in [1.82, 2.24) is 4.98 Å². The number of imidazole rings is 1. The number of anilines is 1. The minimum absolute atomic E-state index is 0.173. The molecule has 9 heteroatoms. The van der Waals surface area contributed by atoms with Crippen LogP contribution < -0.4 is 9.88 Å². The molecule has 2 N–H and O–H groups in total. The predicted molar refractivity (Wildman–Crippen MR) is 113 cm³/mol. The van der Waals surface area contributed by atoms with E-state index < -0.39 is 26.3 Å². The minimum atomic E-state index is -4.59. The molecule has 0 unspecified atom stereocenters. The van der Waals surface area contributed by atoms with E-state index in [9.17, 15) is 21.6 Å². The first-order chi connectivity index (χ1) is 14.5. The first kappa shape index (κ1) is 21.7. The molecule has 3 aromatic rings. The summed E-state index contributed by atoms with van der Waals surface area (Å²) in [4.78, 5) is 8.55. The highest BCUT2D eigenvalue weighted by molar-refractivity contribution is 7.92. The molecule has 166 valence electrons. The largest absolute Gasteiger partial charge is 0.416 e. The van der Waals surface area contributed by atoms with Gasteiger partial charge >= 0.3 is 12.1 Å². The van der Waals surface area contributed by atoms with Gasteiger partial charge in [-0.25, -0.2) is 18.4 Å². The van der Waals surface area contributed by atoms with Crippen LogP contribution in [0.5, 0.6) is 0 Å². The topological polar surface area (TPSA) is 67.3 Å². The number of piperidine rings is 1. The van der Waals surface area contributed by atoms with E-state index in [-0.39, 0.29) is 10.8 Å². The van der Waals surface area contributed by atoms with Gasteiger partial charge in [0, 0.05) is 0 Å². The second-order valence-electron chi connectivity index (χ2n) is 8.54. The molecule has 1 aliphatic rings. The molecule has 1 saturated heterocycles. The fourth-order valence-electron chi connectivity index (χ4n) is 4.31. The Kier molecular flexibility index (Phi) is 5.28. The van der Waals surface area contributed by atoms with E-state index in [4.69, 9.17) is 0 Å². The number of nitrogens with zero attached hydrogens (tertiary/aromatic N) is 1. The molecule has 2 heterocycles. The third-order valence-electron chi connectivity index (χ3n) is 6.39. The van der Waals surface area contributed by atoms with Crippen molar-refractivity contribution in [3.63, 3.8) is 0 Å². The second kappa shape index (κ2) is 7.55. The Morgan fingerprint density at radius 1 is 1.03 bits per heavy atom. The lowest BCUT2D eigenvalue weighted by Gasteiger charge is -2.38. The highest BCUT2D eigenvalue weighted by Crippen LogP contribution is 2.39. The van der Waals surface area contributed by atoms with E-state index in [1.54, 1.807) is 13.8 Å². The number of aromatic amines is 2. The van der Waals surface area contributed by atoms with Gasteiger partial charge in [0.15, 0.2) is 9.84 Å². The molecule has 0 spiro atoms. The van der Waals surface area contributed by atoms with Crippen LogP contribution in [-0.4, -0.2) is 31.2 Å². The summed E-state index contributed by atoms with van der Waals surface area (Å²) in [7, 11) is -3.96. The summed E-state index contributed by atoms with van der Waals surface area (Å²) in [6.07, 6.45) is -3.35. The molecule has 1 aliphatic heterocycles. The van der Waals surface area contributed by atoms with Gasteiger partial charge in [0.05, 0.1) is 28.3 Å². The van der Waals surface area contributed by atoms with Gasteiger partial charge in [0.25, 0.3) is 0 Å². The summed E-state index contributed by atoms with van der Waals surface area (Å²) >= 11 is 0. The van der Waals surface area contributed by atoms with Crippen LogP contribution in [0.25, 0.3) is 11.0 Å². The monoisotopic (exact) mass is 452 g/mol. The molecular formula is C22H25F3N3O2S+. The number of nitrogens with one attached hydrogen (secondary N) is 2. The Morgan fingerprint density at radius 2 is 1.71 bits per heavy atom. The maximum atomic E-state index is 13.3. The van der Waals surface area contributed by atoms with Crippen molar-refractivity contribution in [1.29, 1.82) is 0 Å². The van der Waals surface area contributed by atoms with Gasteiger partial charge in [0.1, 0.15) is 11.0 Å². The van der Waals surface area contributed by atoms with E-state index in [1.165, 1.54) is 6.07 Å². The molecule has 0 saturated carbocycles. The van der Waals surface area contributed by atoms with E-state index in [1.807, 2.05) is 24.3 Å². The number of para-hydroxylation sites is 2. The van der Waals surface area contributed by atoms with Crippen molar-refractivity contribution < 1.29 is 26.6 Å². The lowest BCUT2D eigenvalue weighted by molar-refractivity contribution is -0.330. The summed E-state index contributed by atoms with van der Waals surface area (Å²) in [5, 5.41) is 0. The van der Waals surface area contributed by atoms with Gasteiger partial charge in [-0.1, -0.05) is 18.2 Å². The molecule has 5 nitrogen and oxygen atoms in total. The van der Waals surface area contributed by atoms with Gasteiger partial charge in [0.2, 0.25) is 0 Å². The smallest absolute Gasteiger partial charge is 0.264 e. The first-order valence-corrected chi connectivity index (χ1v) is 11.7. The summed E-state index contributed by atoms with van der Waals surface area (Å²) in [6, 6.07) is 11.9. The zero-order valence-corrected chi connectivity index (χ0v) is 18.1. The van der Waals surface area contributed by atoms with Crippen LogP contribution in [0.2, 0.25) is 0 Å². The Balaban J connectivity index is 1.53. The van der Waals surface area contributed by atoms with Crippen LogP contribution in [0.1, 0.15) is 32.3 Å². The zero-order chi connectivity index (χ0) is 22.4. The van der Waals surface area contributed by atoms with Gasteiger partial charge in [-0.15, -0.1) is 0 Å². The van der Waals surface area contributed by atoms with Crippen molar-refractivity contribution in [3.05, 3.63) is 54.1 Å². The molecule has 0 aliphatic carbocycles. The van der Waals surface area contributed by atoms with E-state index in [2.05, 4.69) is 14.9 Å². The first-order valence-electron chi connectivity index (χ1n) is 10.2. The Labute approximate surface area is 179 Å². The Morgan fingerprint density at radius 3 is 2.35 bits per heavy atom. The molecule has 31 heavy (non-hydrogen) atoms.